The molecule has 2 N–H and O–H groups in total. The van der Waals surface area contributed by atoms with Crippen LogP contribution < -0.4 is 10.5 Å². The van der Waals surface area contributed by atoms with E-state index in [0.29, 0.717) is 6.54 Å². The van der Waals surface area contributed by atoms with E-state index in [2.05, 4.69) is 19.1 Å². The Hall–Kier alpha value is -1.80. The second kappa shape index (κ2) is 5.69. The summed E-state index contributed by atoms with van der Waals surface area (Å²) in [5, 5.41) is 0. The number of ether oxygens (including phenoxy) is 1. The van der Waals surface area contributed by atoms with Crippen LogP contribution in [0.4, 0.5) is 0 Å². The number of para-hydroxylation sites is 1. The molecule has 94 valence electrons. The minimum atomic E-state index is 0.679. The van der Waals surface area contributed by atoms with Crippen LogP contribution in [-0.4, -0.2) is 6.54 Å². The maximum atomic E-state index is 5.89. The summed E-state index contributed by atoms with van der Waals surface area (Å²) in [7, 11) is 0. The van der Waals surface area contributed by atoms with Gasteiger partial charge in [-0.15, -0.1) is 0 Å². The molecule has 0 aromatic heterocycles. The number of aryl methyl sites for hydroxylation is 2. The first-order valence-electron chi connectivity index (χ1n) is 6.24. The van der Waals surface area contributed by atoms with Gasteiger partial charge in [-0.25, -0.2) is 0 Å². The molecule has 0 unspecified atom stereocenters. The van der Waals surface area contributed by atoms with E-state index < -0.39 is 0 Å². The van der Waals surface area contributed by atoms with Crippen LogP contribution in [0.25, 0.3) is 0 Å². The first-order valence-corrected chi connectivity index (χ1v) is 6.24. The van der Waals surface area contributed by atoms with E-state index in [9.17, 15) is 0 Å². The predicted molar refractivity (Wildman–Crippen MR) is 75.2 cm³/mol. The molecule has 2 aromatic rings. The Bertz CT molecular complexity index is 534. The molecule has 0 bridgehead atoms. The Morgan fingerprint density at radius 3 is 2.44 bits per heavy atom. The van der Waals surface area contributed by atoms with Gasteiger partial charge in [-0.1, -0.05) is 24.3 Å². The Morgan fingerprint density at radius 1 is 1.00 bits per heavy atom. The number of hydrogen-bond acceptors (Lipinski definition) is 2. The van der Waals surface area contributed by atoms with Gasteiger partial charge in [0.15, 0.2) is 0 Å². The molecule has 0 aliphatic carbocycles. The lowest BCUT2D eigenvalue weighted by atomic mass is 10.1. The van der Waals surface area contributed by atoms with Crippen molar-refractivity contribution in [2.24, 2.45) is 5.73 Å². The molecule has 2 nitrogen and oxygen atoms in total. The van der Waals surface area contributed by atoms with Gasteiger partial charge in [0.25, 0.3) is 0 Å². The number of rotatable bonds is 4. The van der Waals surface area contributed by atoms with Gasteiger partial charge in [0.2, 0.25) is 0 Å². The van der Waals surface area contributed by atoms with Gasteiger partial charge < -0.3 is 10.5 Å². The van der Waals surface area contributed by atoms with Gasteiger partial charge in [-0.05, 0) is 61.7 Å². The van der Waals surface area contributed by atoms with E-state index in [4.69, 9.17) is 10.5 Å². The van der Waals surface area contributed by atoms with E-state index in [-0.39, 0.29) is 0 Å². The smallest absolute Gasteiger partial charge is 0.130 e. The molecule has 0 saturated carbocycles. The monoisotopic (exact) mass is 241 g/mol. The van der Waals surface area contributed by atoms with E-state index in [1.807, 2.05) is 37.3 Å². The maximum Gasteiger partial charge on any atom is 0.130 e. The number of hydrogen-bond donors (Lipinski definition) is 1. The molecule has 0 heterocycles. The van der Waals surface area contributed by atoms with E-state index in [0.717, 1.165) is 23.5 Å². The molecule has 2 aromatic carbocycles. The average molecular weight is 241 g/mol. The minimum Gasteiger partial charge on any atom is -0.457 e. The van der Waals surface area contributed by atoms with Crippen molar-refractivity contribution in [1.29, 1.82) is 0 Å². The fourth-order valence-corrected chi connectivity index (χ4v) is 1.97. The summed E-state index contributed by atoms with van der Waals surface area (Å²) >= 11 is 0. The molecule has 0 aliphatic heterocycles. The third kappa shape index (κ3) is 2.90. The Kier molecular flexibility index (Phi) is 4.00. The predicted octanol–water partition coefficient (Wildman–Crippen LogP) is 3.60. The summed E-state index contributed by atoms with van der Waals surface area (Å²) in [6, 6.07) is 14.2. The number of benzene rings is 2. The minimum absolute atomic E-state index is 0.679. The third-order valence-electron chi connectivity index (χ3n) is 3.05. The molecular weight excluding hydrogens is 222 g/mol. The molecule has 0 spiro atoms. The van der Waals surface area contributed by atoms with E-state index >= 15 is 0 Å². The van der Waals surface area contributed by atoms with E-state index in [1.54, 1.807) is 0 Å². The van der Waals surface area contributed by atoms with Crippen LogP contribution in [0, 0.1) is 13.8 Å². The van der Waals surface area contributed by atoms with Crippen molar-refractivity contribution < 1.29 is 4.74 Å². The summed E-state index contributed by atoms with van der Waals surface area (Å²) in [4.78, 5) is 0. The van der Waals surface area contributed by atoms with Crippen molar-refractivity contribution in [2.75, 3.05) is 6.54 Å². The summed E-state index contributed by atoms with van der Waals surface area (Å²) in [6.45, 7) is 4.82. The topological polar surface area (TPSA) is 35.2 Å². The lowest BCUT2D eigenvalue weighted by molar-refractivity contribution is 0.478. The molecule has 0 amide bonds. The molecule has 0 fully saturated rings. The molecule has 0 aliphatic rings. The van der Waals surface area contributed by atoms with Gasteiger partial charge in [0.05, 0.1) is 0 Å². The molecule has 0 saturated heterocycles. The molecule has 18 heavy (non-hydrogen) atoms. The molecule has 0 radical (unpaired) electrons. The van der Waals surface area contributed by atoms with Gasteiger partial charge in [-0.3, -0.25) is 0 Å². The highest BCUT2D eigenvalue weighted by Crippen LogP contribution is 2.26. The highest BCUT2D eigenvalue weighted by atomic mass is 16.5. The summed E-state index contributed by atoms with van der Waals surface area (Å²) in [5.41, 5.74) is 9.23. The number of nitrogens with two attached hydrogens (primary N) is 1. The Balaban J connectivity index is 2.20. The lowest BCUT2D eigenvalue weighted by Gasteiger charge is -2.11. The molecule has 2 heteroatoms. The maximum absolute atomic E-state index is 5.89. The first-order chi connectivity index (χ1) is 8.70. The summed E-state index contributed by atoms with van der Waals surface area (Å²) in [6.07, 6.45) is 0.913. The van der Waals surface area contributed by atoms with Crippen LogP contribution in [0.5, 0.6) is 11.5 Å². The van der Waals surface area contributed by atoms with Crippen molar-refractivity contribution >= 4 is 0 Å². The van der Waals surface area contributed by atoms with Crippen LogP contribution in [0.15, 0.2) is 42.5 Å². The third-order valence-corrected chi connectivity index (χ3v) is 3.05. The Morgan fingerprint density at radius 2 is 1.78 bits per heavy atom. The second-order valence-corrected chi connectivity index (χ2v) is 4.49. The van der Waals surface area contributed by atoms with Crippen LogP contribution in [0.1, 0.15) is 16.7 Å². The fourth-order valence-electron chi connectivity index (χ4n) is 1.97. The van der Waals surface area contributed by atoms with Crippen molar-refractivity contribution in [1.82, 2.24) is 0 Å². The highest BCUT2D eigenvalue weighted by Gasteiger charge is 2.03. The lowest BCUT2D eigenvalue weighted by Crippen LogP contribution is -2.04. The summed E-state index contributed by atoms with van der Waals surface area (Å²) < 4.78 is 5.89. The van der Waals surface area contributed by atoms with Gasteiger partial charge in [0, 0.05) is 0 Å². The van der Waals surface area contributed by atoms with Crippen LogP contribution in [0.2, 0.25) is 0 Å². The summed E-state index contributed by atoms with van der Waals surface area (Å²) in [5.74, 6) is 1.78. The van der Waals surface area contributed by atoms with Gasteiger partial charge >= 0.3 is 0 Å². The van der Waals surface area contributed by atoms with E-state index in [1.165, 1.54) is 11.1 Å². The second-order valence-electron chi connectivity index (χ2n) is 4.49. The normalized spacial score (nSPS) is 10.4. The zero-order valence-electron chi connectivity index (χ0n) is 10.9. The van der Waals surface area contributed by atoms with Crippen molar-refractivity contribution in [2.45, 2.75) is 20.3 Å². The van der Waals surface area contributed by atoms with Gasteiger partial charge in [0.1, 0.15) is 11.5 Å². The van der Waals surface area contributed by atoms with Crippen LogP contribution in [0.3, 0.4) is 0 Å². The highest BCUT2D eigenvalue weighted by molar-refractivity contribution is 5.40. The van der Waals surface area contributed by atoms with Crippen molar-refractivity contribution in [3.63, 3.8) is 0 Å². The molecule has 2 rings (SSSR count). The molecular formula is C16H19NO. The largest absolute Gasteiger partial charge is 0.457 e. The fraction of sp³-hybridized carbons (Fsp3) is 0.250. The zero-order chi connectivity index (χ0) is 13.0. The van der Waals surface area contributed by atoms with Crippen molar-refractivity contribution in [3.8, 4) is 11.5 Å². The molecule has 0 atom stereocenters. The SMILES string of the molecule is Cc1cc(Oc2ccccc2C)ccc1CCN. The van der Waals surface area contributed by atoms with Crippen molar-refractivity contribution in [3.05, 3.63) is 59.2 Å². The first kappa shape index (κ1) is 12.7. The van der Waals surface area contributed by atoms with Crippen LogP contribution >= 0.6 is 0 Å². The quantitative estimate of drug-likeness (QED) is 0.887. The Labute approximate surface area is 108 Å². The van der Waals surface area contributed by atoms with Gasteiger partial charge in [-0.2, -0.15) is 0 Å². The average Bonchev–Trinajstić information content (AvgIpc) is 2.36. The van der Waals surface area contributed by atoms with Crippen LogP contribution in [-0.2, 0) is 6.42 Å². The standard InChI is InChI=1S/C16H19NO/c1-12-5-3-4-6-16(12)18-15-8-7-14(9-10-17)13(2)11-15/h3-8,11H,9-10,17H2,1-2H3. The zero-order valence-corrected chi connectivity index (χ0v) is 10.9.